The Hall–Kier alpha value is -1.48. The second-order valence-electron chi connectivity index (χ2n) is 5.88. The second-order valence-corrected chi connectivity index (χ2v) is 7.67. The summed E-state index contributed by atoms with van der Waals surface area (Å²) in [6.07, 6.45) is 3.74. The first-order valence-electron chi connectivity index (χ1n) is 8.37. The zero-order chi connectivity index (χ0) is 18.1. The van der Waals surface area contributed by atoms with Crippen LogP contribution in [0.5, 0.6) is 0 Å². The Balaban J connectivity index is 1.53. The maximum atomic E-state index is 6.21. The Morgan fingerprint density at radius 1 is 1.19 bits per heavy atom. The molecule has 0 unspecified atom stereocenters. The van der Waals surface area contributed by atoms with Gasteiger partial charge in [-0.1, -0.05) is 35.0 Å². The van der Waals surface area contributed by atoms with Gasteiger partial charge in [0.15, 0.2) is 10.8 Å². The summed E-state index contributed by atoms with van der Waals surface area (Å²) in [6, 6.07) is 1.70. The highest BCUT2D eigenvalue weighted by atomic mass is 35.5. The predicted molar refractivity (Wildman–Crippen MR) is 104 cm³/mol. The average Bonchev–Trinajstić information content (AvgIpc) is 3.24. The number of fused-ring (bicyclic) bond motifs is 1. The van der Waals surface area contributed by atoms with Crippen molar-refractivity contribution in [3.63, 3.8) is 0 Å². The van der Waals surface area contributed by atoms with Gasteiger partial charge >= 0.3 is 0 Å². The van der Waals surface area contributed by atoms with E-state index in [1.165, 1.54) is 0 Å². The smallest absolute Gasteiger partial charge is 0.228 e. The van der Waals surface area contributed by atoms with Gasteiger partial charge < -0.3 is 14.0 Å². The van der Waals surface area contributed by atoms with E-state index in [9.17, 15) is 0 Å². The molecule has 3 aromatic rings. The lowest BCUT2D eigenvalue weighted by Gasteiger charge is -2.27. The number of thioether (sulfide) groups is 1. The molecule has 10 heteroatoms. The summed E-state index contributed by atoms with van der Waals surface area (Å²) in [6.45, 7) is 6.05. The summed E-state index contributed by atoms with van der Waals surface area (Å²) >= 11 is 13.9. The van der Waals surface area contributed by atoms with E-state index in [4.69, 9.17) is 27.9 Å². The zero-order valence-electron chi connectivity index (χ0n) is 14.2. The number of anilines is 1. The van der Waals surface area contributed by atoms with Crippen LogP contribution in [0.3, 0.4) is 0 Å². The highest BCUT2D eigenvalue weighted by Gasteiger charge is 2.20. The number of pyridine rings is 1. The van der Waals surface area contributed by atoms with Crippen molar-refractivity contribution in [2.75, 3.05) is 31.2 Å². The summed E-state index contributed by atoms with van der Waals surface area (Å²) in [5.41, 5.74) is 1.62. The standard InChI is InChI=1S/C16H18Cl2N6OS/c1-2-24-15(22-3-5-25-6-4-22)20-21-16(24)26-10-12-9-23-8-11(17)7-13(18)14(23)19-12/h7-9H,2-6,10H2,1H3. The Bertz CT molecular complexity index is 921. The van der Waals surface area contributed by atoms with E-state index >= 15 is 0 Å². The van der Waals surface area contributed by atoms with Crippen LogP contribution in [-0.2, 0) is 17.0 Å². The summed E-state index contributed by atoms with van der Waals surface area (Å²) in [5, 5.41) is 10.8. The van der Waals surface area contributed by atoms with Gasteiger partial charge in [-0.15, -0.1) is 10.2 Å². The molecule has 0 saturated carbocycles. The minimum absolute atomic E-state index is 0.542. The lowest BCUT2D eigenvalue weighted by molar-refractivity contribution is 0.121. The quantitative estimate of drug-likeness (QED) is 0.598. The van der Waals surface area contributed by atoms with Crippen LogP contribution in [0.25, 0.3) is 5.65 Å². The van der Waals surface area contributed by atoms with Crippen LogP contribution in [0.2, 0.25) is 10.0 Å². The van der Waals surface area contributed by atoms with Gasteiger partial charge in [0.25, 0.3) is 0 Å². The number of imidazole rings is 1. The van der Waals surface area contributed by atoms with E-state index in [2.05, 4.69) is 31.6 Å². The number of nitrogens with zero attached hydrogens (tertiary/aromatic N) is 6. The Labute approximate surface area is 165 Å². The molecular formula is C16H18Cl2N6OS. The third kappa shape index (κ3) is 3.51. The molecule has 3 aromatic heterocycles. The number of hydrogen-bond donors (Lipinski definition) is 0. The van der Waals surface area contributed by atoms with Crippen molar-refractivity contribution in [2.45, 2.75) is 24.4 Å². The lowest BCUT2D eigenvalue weighted by Crippen LogP contribution is -2.38. The molecule has 0 atom stereocenters. The molecule has 4 rings (SSSR count). The van der Waals surface area contributed by atoms with Crippen LogP contribution in [0.1, 0.15) is 12.6 Å². The van der Waals surface area contributed by atoms with Gasteiger partial charge in [0.05, 0.1) is 29.0 Å². The van der Waals surface area contributed by atoms with E-state index in [0.29, 0.717) is 21.4 Å². The van der Waals surface area contributed by atoms with E-state index in [-0.39, 0.29) is 0 Å². The Kier molecular flexibility index (Phi) is 5.26. The van der Waals surface area contributed by atoms with Crippen LogP contribution in [0.15, 0.2) is 23.6 Å². The number of ether oxygens (including phenoxy) is 1. The molecule has 0 amide bonds. The van der Waals surface area contributed by atoms with Gasteiger partial charge in [0.1, 0.15) is 0 Å². The molecular weight excluding hydrogens is 395 g/mol. The molecule has 0 bridgehead atoms. The predicted octanol–water partition coefficient (Wildman–Crippen LogP) is 3.38. The molecule has 0 spiro atoms. The normalized spacial score (nSPS) is 15.1. The fourth-order valence-electron chi connectivity index (χ4n) is 2.95. The van der Waals surface area contributed by atoms with E-state index < -0.39 is 0 Å². The lowest BCUT2D eigenvalue weighted by atomic mass is 10.4. The van der Waals surface area contributed by atoms with Crippen molar-refractivity contribution in [1.82, 2.24) is 24.1 Å². The molecule has 7 nitrogen and oxygen atoms in total. The highest BCUT2D eigenvalue weighted by molar-refractivity contribution is 7.98. The van der Waals surface area contributed by atoms with Crippen molar-refractivity contribution in [2.24, 2.45) is 0 Å². The van der Waals surface area contributed by atoms with E-state index in [1.54, 1.807) is 24.0 Å². The molecule has 0 aromatic carbocycles. The summed E-state index contributed by atoms with van der Waals surface area (Å²) in [7, 11) is 0. The topological polar surface area (TPSA) is 60.5 Å². The van der Waals surface area contributed by atoms with E-state index in [1.807, 2.05) is 10.6 Å². The van der Waals surface area contributed by atoms with Crippen molar-refractivity contribution in [1.29, 1.82) is 0 Å². The van der Waals surface area contributed by atoms with Crippen LogP contribution in [0.4, 0.5) is 5.95 Å². The van der Waals surface area contributed by atoms with Gasteiger partial charge in [-0.05, 0) is 13.0 Å². The minimum Gasteiger partial charge on any atom is -0.378 e. The summed E-state index contributed by atoms with van der Waals surface area (Å²) < 4.78 is 9.40. The minimum atomic E-state index is 0.542. The molecule has 1 aliphatic heterocycles. The second kappa shape index (κ2) is 7.64. The average molecular weight is 413 g/mol. The molecule has 0 N–H and O–H groups in total. The largest absolute Gasteiger partial charge is 0.378 e. The number of morpholine rings is 1. The first kappa shape index (κ1) is 17.9. The first-order valence-corrected chi connectivity index (χ1v) is 10.1. The molecule has 0 radical (unpaired) electrons. The number of aromatic nitrogens is 5. The Morgan fingerprint density at radius 2 is 2.00 bits per heavy atom. The molecule has 1 saturated heterocycles. The maximum Gasteiger partial charge on any atom is 0.228 e. The fourth-order valence-corrected chi connectivity index (χ4v) is 4.35. The van der Waals surface area contributed by atoms with Gasteiger partial charge in [-0.2, -0.15) is 0 Å². The molecule has 4 heterocycles. The fraction of sp³-hybridized carbons (Fsp3) is 0.438. The van der Waals surface area contributed by atoms with Crippen molar-refractivity contribution in [3.05, 3.63) is 34.2 Å². The monoisotopic (exact) mass is 412 g/mol. The van der Waals surface area contributed by atoms with Gasteiger partial charge in [0, 0.05) is 37.8 Å². The molecule has 0 aliphatic carbocycles. The van der Waals surface area contributed by atoms with Gasteiger partial charge in [-0.3, -0.25) is 4.57 Å². The highest BCUT2D eigenvalue weighted by Crippen LogP contribution is 2.27. The summed E-state index contributed by atoms with van der Waals surface area (Å²) in [4.78, 5) is 6.81. The summed E-state index contributed by atoms with van der Waals surface area (Å²) in [5.74, 6) is 1.58. The van der Waals surface area contributed by atoms with Crippen molar-refractivity contribution in [3.8, 4) is 0 Å². The van der Waals surface area contributed by atoms with Crippen LogP contribution in [0, 0.1) is 0 Å². The van der Waals surface area contributed by atoms with E-state index in [0.717, 1.165) is 49.6 Å². The molecule has 26 heavy (non-hydrogen) atoms. The first-order chi connectivity index (χ1) is 12.7. The van der Waals surface area contributed by atoms with Crippen LogP contribution < -0.4 is 4.90 Å². The third-order valence-electron chi connectivity index (χ3n) is 4.18. The molecule has 1 fully saturated rings. The SMILES string of the molecule is CCn1c(SCc2cn3cc(Cl)cc(Cl)c3n2)nnc1N1CCOCC1. The molecule has 1 aliphatic rings. The third-order valence-corrected chi connectivity index (χ3v) is 5.66. The maximum absolute atomic E-state index is 6.21. The van der Waals surface area contributed by atoms with Crippen molar-refractivity contribution >= 4 is 46.6 Å². The number of halogens is 2. The van der Waals surface area contributed by atoms with Gasteiger partial charge in [0.2, 0.25) is 5.95 Å². The molecule has 138 valence electrons. The number of hydrogen-bond acceptors (Lipinski definition) is 6. The van der Waals surface area contributed by atoms with Crippen LogP contribution in [-0.4, -0.2) is 50.5 Å². The number of rotatable bonds is 5. The zero-order valence-corrected chi connectivity index (χ0v) is 16.6. The van der Waals surface area contributed by atoms with Gasteiger partial charge in [-0.25, -0.2) is 4.98 Å². The van der Waals surface area contributed by atoms with Crippen LogP contribution >= 0.6 is 35.0 Å². The Morgan fingerprint density at radius 3 is 2.77 bits per heavy atom. The van der Waals surface area contributed by atoms with Crippen molar-refractivity contribution < 1.29 is 4.74 Å².